The third kappa shape index (κ3) is 3.01. The van der Waals surface area contributed by atoms with Gasteiger partial charge in [0.2, 0.25) is 0 Å². The van der Waals surface area contributed by atoms with Crippen molar-refractivity contribution in [1.29, 1.82) is 0 Å². The monoisotopic (exact) mass is 368 g/mol. The number of carbonyl (C=O) groups excluding carboxylic acids is 1. The van der Waals surface area contributed by atoms with Crippen molar-refractivity contribution in [3.8, 4) is 5.69 Å². The molecule has 2 aliphatic rings. The molecular weight excluding hydrogens is 344 g/mol. The molecule has 2 heterocycles. The van der Waals surface area contributed by atoms with Crippen molar-refractivity contribution in [2.24, 2.45) is 5.92 Å². The Labute approximate surface area is 158 Å². The van der Waals surface area contributed by atoms with Crippen LogP contribution in [-0.2, 0) is 4.79 Å². The molecule has 0 spiro atoms. The molecule has 3 atom stereocenters. The Hall–Kier alpha value is -2.70. The lowest BCUT2D eigenvalue weighted by Crippen LogP contribution is -2.46. The number of benzene rings is 1. The largest absolute Gasteiger partial charge is 0.480 e. The van der Waals surface area contributed by atoms with Gasteiger partial charge in [0.15, 0.2) is 5.69 Å². The Balaban J connectivity index is 1.67. The van der Waals surface area contributed by atoms with Crippen LogP contribution in [0.25, 0.3) is 5.69 Å². The Kier molecular flexibility index (Phi) is 4.45. The van der Waals surface area contributed by atoms with Crippen LogP contribution >= 0.6 is 0 Å². The van der Waals surface area contributed by atoms with Crippen molar-refractivity contribution < 1.29 is 14.7 Å². The Bertz CT molecular complexity index is 874. The summed E-state index contributed by atoms with van der Waals surface area (Å²) in [5.74, 6) is -0.967. The third-order valence-corrected chi connectivity index (χ3v) is 5.98. The van der Waals surface area contributed by atoms with E-state index in [2.05, 4.69) is 10.3 Å². The first kappa shape index (κ1) is 17.7. The molecular formula is C20H24N4O3. The van der Waals surface area contributed by atoms with Crippen molar-refractivity contribution in [2.45, 2.75) is 58.0 Å². The van der Waals surface area contributed by atoms with Gasteiger partial charge in [-0.25, -0.2) is 9.48 Å². The number of likely N-dealkylation sites (tertiary alicyclic amines) is 1. The second kappa shape index (κ2) is 6.79. The minimum atomic E-state index is -0.929. The second-order valence-electron chi connectivity index (χ2n) is 7.68. The zero-order chi connectivity index (χ0) is 19.1. The fraction of sp³-hybridized carbons (Fsp3) is 0.500. The van der Waals surface area contributed by atoms with Crippen molar-refractivity contribution in [1.82, 2.24) is 19.9 Å². The highest BCUT2D eigenvalue weighted by atomic mass is 16.4. The predicted octanol–water partition coefficient (Wildman–Crippen LogP) is 2.74. The minimum absolute atomic E-state index is 0.00345. The lowest BCUT2D eigenvalue weighted by molar-refractivity contribution is -0.141. The quantitative estimate of drug-likeness (QED) is 0.900. The van der Waals surface area contributed by atoms with Gasteiger partial charge in [0.25, 0.3) is 5.91 Å². The number of rotatable bonds is 3. The lowest BCUT2D eigenvalue weighted by atomic mass is 9.84. The van der Waals surface area contributed by atoms with E-state index < -0.39 is 12.0 Å². The number of carboxylic acids is 1. The highest BCUT2D eigenvalue weighted by molar-refractivity contribution is 5.96. The number of amides is 1. The number of aryl methyl sites for hydroxylation is 1. The summed E-state index contributed by atoms with van der Waals surface area (Å²) >= 11 is 0. The molecule has 4 rings (SSSR count). The number of fused-ring (bicyclic) bond motifs is 1. The highest BCUT2D eigenvalue weighted by Gasteiger charge is 2.48. The normalized spacial score (nSPS) is 24.7. The first-order valence-electron chi connectivity index (χ1n) is 9.52. The molecule has 7 nitrogen and oxygen atoms in total. The van der Waals surface area contributed by atoms with Gasteiger partial charge in [0.1, 0.15) is 6.04 Å². The molecule has 7 heteroatoms. The van der Waals surface area contributed by atoms with E-state index in [-0.39, 0.29) is 23.6 Å². The van der Waals surface area contributed by atoms with Crippen molar-refractivity contribution in [2.75, 3.05) is 0 Å². The first-order chi connectivity index (χ1) is 13.0. The van der Waals surface area contributed by atoms with Gasteiger partial charge in [-0.2, -0.15) is 0 Å². The SMILES string of the molecule is Cc1ccc(-n2nnc(C(=O)N3C(C(=O)O)CC4CCCCC43)c2C)cc1. The molecule has 2 fully saturated rings. The molecule has 1 aromatic heterocycles. The number of aromatic nitrogens is 3. The molecule has 142 valence electrons. The Morgan fingerprint density at radius 2 is 1.81 bits per heavy atom. The predicted molar refractivity (Wildman–Crippen MR) is 98.8 cm³/mol. The summed E-state index contributed by atoms with van der Waals surface area (Å²) in [5, 5.41) is 17.9. The number of nitrogens with zero attached hydrogens (tertiary/aromatic N) is 4. The number of carboxylic acid groups (broad SMARTS) is 1. The van der Waals surface area contributed by atoms with E-state index in [9.17, 15) is 14.7 Å². The van der Waals surface area contributed by atoms with Crippen LogP contribution in [-0.4, -0.2) is 49.0 Å². The van der Waals surface area contributed by atoms with E-state index in [0.29, 0.717) is 12.1 Å². The van der Waals surface area contributed by atoms with Gasteiger partial charge in [0, 0.05) is 6.04 Å². The number of hydrogen-bond donors (Lipinski definition) is 1. The van der Waals surface area contributed by atoms with E-state index in [0.717, 1.165) is 36.9 Å². The number of carbonyl (C=O) groups is 2. The second-order valence-corrected chi connectivity index (χ2v) is 7.68. The van der Waals surface area contributed by atoms with Gasteiger partial charge in [-0.05, 0) is 51.2 Å². The fourth-order valence-electron chi connectivity index (χ4n) is 4.55. The Morgan fingerprint density at radius 1 is 1.11 bits per heavy atom. The highest BCUT2D eigenvalue weighted by Crippen LogP contribution is 2.40. The van der Waals surface area contributed by atoms with Crippen molar-refractivity contribution in [3.05, 3.63) is 41.2 Å². The van der Waals surface area contributed by atoms with Crippen LogP contribution in [0.1, 0.15) is 53.8 Å². The van der Waals surface area contributed by atoms with E-state index in [1.807, 2.05) is 31.2 Å². The van der Waals surface area contributed by atoms with Crippen LogP contribution in [0.5, 0.6) is 0 Å². The lowest BCUT2D eigenvalue weighted by Gasteiger charge is -2.32. The van der Waals surface area contributed by atoms with Gasteiger partial charge >= 0.3 is 5.97 Å². The third-order valence-electron chi connectivity index (χ3n) is 5.98. The molecule has 1 amide bonds. The molecule has 1 aliphatic heterocycles. The van der Waals surface area contributed by atoms with Crippen LogP contribution in [0.2, 0.25) is 0 Å². The molecule has 1 saturated carbocycles. The summed E-state index contributed by atoms with van der Waals surface area (Å²) in [6.45, 7) is 3.81. The zero-order valence-corrected chi connectivity index (χ0v) is 15.6. The van der Waals surface area contributed by atoms with E-state index >= 15 is 0 Å². The van der Waals surface area contributed by atoms with Crippen LogP contribution < -0.4 is 0 Å². The van der Waals surface area contributed by atoms with Crippen LogP contribution in [0.15, 0.2) is 24.3 Å². The van der Waals surface area contributed by atoms with Crippen molar-refractivity contribution >= 4 is 11.9 Å². The van der Waals surface area contributed by atoms with Crippen LogP contribution in [0.3, 0.4) is 0 Å². The van der Waals surface area contributed by atoms with Gasteiger partial charge in [-0.1, -0.05) is 35.8 Å². The smallest absolute Gasteiger partial charge is 0.326 e. The molecule has 1 saturated heterocycles. The molecule has 27 heavy (non-hydrogen) atoms. The number of hydrogen-bond acceptors (Lipinski definition) is 4. The topological polar surface area (TPSA) is 88.3 Å². The van der Waals surface area contributed by atoms with Gasteiger partial charge < -0.3 is 10.0 Å². The summed E-state index contributed by atoms with van der Waals surface area (Å²) in [4.78, 5) is 26.7. The Morgan fingerprint density at radius 3 is 2.52 bits per heavy atom. The maximum atomic E-state index is 13.3. The zero-order valence-electron chi connectivity index (χ0n) is 15.6. The molecule has 1 aromatic carbocycles. The molecule has 0 bridgehead atoms. The first-order valence-corrected chi connectivity index (χ1v) is 9.52. The summed E-state index contributed by atoms with van der Waals surface area (Å²) in [6, 6.07) is 7.04. The molecule has 3 unspecified atom stereocenters. The minimum Gasteiger partial charge on any atom is -0.480 e. The summed E-state index contributed by atoms with van der Waals surface area (Å²) in [6.07, 6.45) is 4.54. The molecule has 0 radical (unpaired) electrons. The average molecular weight is 368 g/mol. The van der Waals surface area contributed by atoms with Crippen LogP contribution in [0.4, 0.5) is 0 Å². The molecule has 1 aliphatic carbocycles. The summed E-state index contributed by atoms with van der Waals surface area (Å²) in [5.41, 5.74) is 2.84. The summed E-state index contributed by atoms with van der Waals surface area (Å²) < 4.78 is 1.64. The van der Waals surface area contributed by atoms with Gasteiger partial charge in [-0.15, -0.1) is 5.10 Å². The fourth-order valence-corrected chi connectivity index (χ4v) is 4.55. The van der Waals surface area contributed by atoms with E-state index in [4.69, 9.17) is 0 Å². The van der Waals surface area contributed by atoms with Gasteiger partial charge in [0.05, 0.1) is 11.4 Å². The maximum Gasteiger partial charge on any atom is 0.326 e. The molecule has 2 aromatic rings. The number of aliphatic carboxylic acids is 1. The average Bonchev–Trinajstić information content (AvgIpc) is 3.23. The standard InChI is InChI=1S/C20H24N4O3/c1-12-7-9-15(10-8-12)24-13(2)18(21-22-24)19(25)23-16-6-4-3-5-14(16)11-17(23)20(26)27/h7-10,14,16-17H,3-6,11H2,1-2H3,(H,26,27). The van der Waals surface area contributed by atoms with E-state index in [1.165, 1.54) is 0 Å². The molecule has 1 N–H and O–H groups in total. The summed E-state index contributed by atoms with van der Waals surface area (Å²) in [7, 11) is 0. The van der Waals surface area contributed by atoms with E-state index in [1.54, 1.807) is 16.5 Å². The van der Waals surface area contributed by atoms with Crippen molar-refractivity contribution in [3.63, 3.8) is 0 Å². The van der Waals surface area contributed by atoms with Gasteiger partial charge in [-0.3, -0.25) is 4.79 Å². The maximum absolute atomic E-state index is 13.3. The van der Waals surface area contributed by atoms with Crippen LogP contribution in [0, 0.1) is 19.8 Å².